The number of aryl methyl sites for hydroxylation is 2. The zero-order valence-corrected chi connectivity index (χ0v) is 14.5. The Labute approximate surface area is 143 Å². The highest BCUT2D eigenvalue weighted by Gasteiger charge is 2.31. The number of hydrogen-bond acceptors (Lipinski definition) is 2. The standard InChI is InChI=1S/C20H24N2O2/c1-14-4-7-17(12-15(14)2)19-13-21-20(23)22(19)11-10-16-5-8-18(24-3)9-6-16/h4-9,12,19H,10-11,13H2,1-3H3,(H,21,23). The number of urea groups is 1. The molecular weight excluding hydrogens is 300 g/mol. The summed E-state index contributed by atoms with van der Waals surface area (Å²) in [5, 5.41) is 2.97. The molecule has 3 rings (SSSR count). The lowest BCUT2D eigenvalue weighted by Gasteiger charge is -2.24. The number of methoxy groups -OCH3 is 1. The summed E-state index contributed by atoms with van der Waals surface area (Å²) in [7, 11) is 1.66. The third-order valence-electron chi connectivity index (χ3n) is 4.80. The largest absolute Gasteiger partial charge is 0.497 e. The van der Waals surface area contributed by atoms with Gasteiger partial charge in [0.2, 0.25) is 0 Å². The molecule has 1 unspecified atom stereocenters. The first-order chi connectivity index (χ1) is 11.6. The van der Waals surface area contributed by atoms with Gasteiger partial charge in [-0.2, -0.15) is 0 Å². The second-order valence-corrected chi connectivity index (χ2v) is 6.34. The van der Waals surface area contributed by atoms with Gasteiger partial charge in [0, 0.05) is 13.1 Å². The van der Waals surface area contributed by atoms with Crippen LogP contribution in [0.15, 0.2) is 42.5 Å². The second kappa shape index (κ2) is 6.95. The summed E-state index contributed by atoms with van der Waals surface area (Å²) in [6.07, 6.45) is 0.832. The number of nitrogens with zero attached hydrogens (tertiary/aromatic N) is 1. The Morgan fingerprint density at radius 2 is 1.88 bits per heavy atom. The van der Waals surface area contributed by atoms with Crippen molar-refractivity contribution in [3.63, 3.8) is 0 Å². The molecule has 1 heterocycles. The molecule has 1 aliphatic rings. The monoisotopic (exact) mass is 324 g/mol. The predicted octanol–water partition coefficient (Wildman–Crippen LogP) is 3.62. The van der Waals surface area contributed by atoms with E-state index in [9.17, 15) is 4.79 Å². The highest BCUT2D eigenvalue weighted by molar-refractivity contribution is 5.77. The van der Waals surface area contributed by atoms with E-state index in [1.165, 1.54) is 22.3 Å². The molecule has 0 aliphatic carbocycles. The normalized spacial score (nSPS) is 17.0. The number of rotatable bonds is 5. The average Bonchev–Trinajstić information content (AvgIpc) is 2.96. The smallest absolute Gasteiger partial charge is 0.318 e. The Bertz CT molecular complexity index is 725. The van der Waals surface area contributed by atoms with E-state index in [0.29, 0.717) is 13.1 Å². The minimum Gasteiger partial charge on any atom is -0.497 e. The van der Waals surface area contributed by atoms with E-state index in [0.717, 1.165) is 12.2 Å². The minimum atomic E-state index is 0.0201. The van der Waals surface area contributed by atoms with E-state index in [2.05, 4.69) is 49.5 Å². The molecule has 2 aromatic carbocycles. The fourth-order valence-corrected chi connectivity index (χ4v) is 3.11. The second-order valence-electron chi connectivity index (χ2n) is 6.34. The Kier molecular flexibility index (Phi) is 4.74. The van der Waals surface area contributed by atoms with Gasteiger partial charge in [-0.25, -0.2) is 4.79 Å². The van der Waals surface area contributed by atoms with Gasteiger partial charge in [0.05, 0.1) is 13.2 Å². The van der Waals surface area contributed by atoms with Gasteiger partial charge < -0.3 is 15.0 Å². The first-order valence-electron chi connectivity index (χ1n) is 8.33. The average molecular weight is 324 g/mol. The van der Waals surface area contributed by atoms with Crippen molar-refractivity contribution >= 4 is 6.03 Å². The molecule has 0 spiro atoms. The maximum atomic E-state index is 12.2. The van der Waals surface area contributed by atoms with Gasteiger partial charge in [0.1, 0.15) is 5.75 Å². The van der Waals surface area contributed by atoms with Crippen LogP contribution in [0.2, 0.25) is 0 Å². The van der Waals surface area contributed by atoms with Gasteiger partial charge in [0.15, 0.2) is 0 Å². The highest BCUT2D eigenvalue weighted by Crippen LogP contribution is 2.26. The SMILES string of the molecule is COc1ccc(CCN2C(=O)NCC2c2ccc(C)c(C)c2)cc1. The maximum absolute atomic E-state index is 12.2. The van der Waals surface area contributed by atoms with Crippen molar-refractivity contribution in [1.82, 2.24) is 10.2 Å². The molecule has 0 bridgehead atoms. The molecule has 4 heteroatoms. The van der Waals surface area contributed by atoms with Gasteiger partial charge in [-0.05, 0) is 54.7 Å². The van der Waals surface area contributed by atoms with Crippen LogP contribution in [0.4, 0.5) is 4.79 Å². The molecule has 2 aromatic rings. The third kappa shape index (κ3) is 3.37. The van der Waals surface area contributed by atoms with Crippen molar-refractivity contribution in [3.05, 3.63) is 64.7 Å². The van der Waals surface area contributed by atoms with Crippen molar-refractivity contribution < 1.29 is 9.53 Å². The minimum absolute atomic E-state index is 0.0201. The zero-order chi connectivity index (χ0) is 17.1. The zero-order valence-electron chi connectivity index (χ0n) is 14.5. The number of carbonyl (C=O) groups excluding carboxylic acids is 1. The van der Waals surface area contributed by atoms with Crippen molar-refractivity contribution in [2.75, 3.05) is 20.2 Å². The van der Waals surface area contributed by atoms with Crippen LogP contribution in [-0.4, -0.2) is 31.1 Å². The third-order valence-corrected chi connectivity index (χ3v) is 4.80. The van der Waals surface area contributed by atoms with Crippen LogP contribution in [0, 0.1) is 13.8 Å². The molecule has 1 fully saturated rings. The number of carbonyl (C=O) groups is 1. The summed E-state index contributed by atoms with van der Waals surface area (Å²) < 4.78 is 5.19. The summed E-state index contributed by atoms with van der Waals surface area (Å²) in [6.45, 7) is 5.60. The summed E-state index contributed by atoms with van der Waals surface area (Å²) >= 11 is 0. The van der Waals surface area contributed by atoms with Crippen molar-refractivity contribution in [1.29, 1.82) is 0 Å². The van der Waals surface area contributed by atoms with Gasteiger partial charge in [-0.1, -0.05) is 30.3 Å². The van der Waals surface area contributed by atoms with Crippen molar-refractivity contribution in [3.8, 4) is 5.75 Å². The number of benzene rings is 2. The van der Waals surface area contributed by atoms with Crippen LogP contribution in [0.1, 0.15) is 28.3 Å². The van der Waals surface area contributed by atoms with Crippen LogP contribution in [0.5, 0.6) is 5.75 Å². The Morgan fingerprint density at radius 3 is 2.54 bits per heavy atom. The van der Waals surface area contributed by atoms with Crippen LogP contribution in [0.25, 0.3) is 0 Å². The Morgan fingerprint density at radius 1 is 1.12 bits per heavy atom. The number of amides is 2. The first kappa shape index (κ1) is 16.4. The fourth-order valence-electron chi connectivity index (χ4n) is 3.11. The molecule has 1 atom stereocenters. The molecular formula is C20H24N2O2. The lowest BCUT2D eigenvalue weighted by molar-refractivity contribution is 0.205. The van der Waals surface area contributed by atoms with Crippen molar-refractivity contribution in [2.24, 2.45) is 0 Å². The Balaban J connectivity index is 1.71. The van der Waals surface area contributed by atoms with Crippen LogP contribution in [0.3, 0.4) is 0 Å². The summed E-state index contributed by atoms with van der Waals surface area (Å²) in [5.74, 6) is 0.852. The molecule has 0 radical (unpaired) electrons. The van der Waals surface area contributed by atoms with E-state index < -0.39 is 0 Å². The van der Waals surface area contributed by atoms with E-state index in [4.69, 9.17) is 4.74 Å². The topological polar surface area (TPSA) is 41.6 Å². The highest BCUT2D eigenvalue weighted by atomic mass is 16.5. The molecule has 24 heavy (non-hydrogen) atoms. The van der Waals surface area contributed by atoms with Gasteiger partial charge in [-0.15, -0.1) is 0 Å². The number of nitrogens with one attached hydrogen (secondary N) is 1. The summed E-state index contributed by atoms with van der Waals surface area (Å²) in [4.78, 5) is 14.2. The molecule has 4 nitrogen and oxygen atoms in total. The molecule has 1 N–H and O–H groups in total. The number of ether oxygens (including phenoxy) is 1. The van der Waals surface area contributed by atoms with Crippen molar-refractivity contribution in [2.45, 2.75) is 26.3 Å². The fraction of sp³-hybridized carbons (Fsp3) is 0.350. The van der Waals surface area contributed by atoms with E-state index in [-0.39, 0.29) is 12.1 Å². The lowest BCUT2D eigenvalue weighted by Crippen LogP contribution is -2.31. The first-order valence-corrected chi connectivity index (χ1v) is 8.33. The van der Waals surface area contributed by atoms with Crippen LogP contribution < -0.4 is 10.1 Å². The van der Waals surface area contributed by atoms with Gasteiger partial charge in [-0.3, -0.25) is 0 Å². The van der Waals surface area contributed by atoms with E-state index in [1.807, 2.05) is 17.0 Å². The quantitative estimate of drug-likeness (QED) is 0.912. The molecule has 2 amide bonds. The summed E-state index contributed by atoms with van der Waals surface area (Å²) in [6, 6.07) is 14.6. The lowest BCUT2D eigenvalue weighted by atomic mass is 10.0. The van der Waals surface area contributed by atoms with E-state index >= 15 is 0 Å². The maximum Gasteiger partial charge on any atom is 0.318 e. The molecule has 1 aliphatic heterocycles. The predicted molar refractivity (Wildman–Crippen MR) is 95.5 cm³/mol. The molecule has 0 aromatic heterocycles. The van der Waals surface area contributed by atoms with Gasteiger partial charge >= 0.3 is 6.03 Å². The van der Waals surface area contributed by atoms with Crippen LogP contribution in [-0.2, 0) is 6.42 Å². The Hall–Kier alpha value is -2.49. The van der Waals surface area contributed by atoms with E-state index in [1.54, 1.807) is 7.11 Å². The molecule has 126 valence electrons. The van der Waals surface area contributed by atoms with Gasteiger partial charge in [0.25, 0.3) is 0 Å². The number of hydrogen-bond donors (Lipinski definition) is 1. The molecule has 0 saturated carbocycles. The molecule has 1 saturated heterocycles. The summed E-state index contributed by atoms with van der Waals surface area (Å²) in [5.41, 5.74) is 4.95. The van der Waals surface area contributed by atoms with Crippen LogP contribution >= 0.6 is 0 Å².